The summed E-state index contributed by atoms with van der Waals surface area (Å²) in [5.41, 5.74) is 0. The van der Waals surface area contributed by atoms with Crippen molar-refractivity contribution in [3.8, 4) is 0 Å². The van der Waals surface area contributed by atoms with E-state index >= 15 is 0 Å². The molecular formula is C7H8ClNS. The zero-order valence-electron chi connectivity index (χ0n) is 5.60. The minimum Gasteiger partial charge on any atom is -0.276 e. The van der Waals surface area contributed by atoms with Gasteiger partial charge in [0.1, 0.15) is 0 Å². The lowest BCUT2D eigenvalue weighted by molar-refractivity contribution is 1.43. The second kappa shape index (κ2) is 3.17. The van der Waals surface area contributed by atoms with Gasteiger partial charge in [0, 0.05) is 4.90 Å². The molecule has 0 aliphatic heterocycles. The van der Waals surface area contributed by atoms with Gasteiger partial charge in [-0.2, -0.15) is 0 Å². The van der Waals surface area contributed by atoms with Crippen LogP contribution in [0, 0.1) is 4.78 Å². The molecule has 0 heterocycles. The highest BCUT2D eigenvalue weighted by Crippen LogP contribution is 2.17. The van der Waals surface area contributed by atoms with E-state index in [2.05, 4.69) is 0 Å². The van der Waals surface area contributed by atoms with Crippen molar-refractivity contribution in [3.63, 3.8) is 0 Å². The number of rotatable bonds is 1. The maximum atomic E-state index is 7.40. The fourth-order valence-corrected chi connectivity index (χ4v) is 1.82. The van der Waals surface area contributed by atoms with E-state index in [-0.39, 0.29) is 0 Å². The molecule has 0 radical (unpaired) electrons. The van der Waals surface area contributed by atoms with Gasteiger partial charge in [0.15, 0.2) is 0 Å². The van der Waals surface area contributed by atoms with Crippen molar-refractivity contribution in [1.82, 2.24) is 0 Å². The fraction of sp³-hybridized carbons (Fsp3) is 0.143. The molecule has 1 nitrogen and oxygen atoms in total. The van der Waals surface area contributed by atoms with Gasteiger partial charge in [0.25, 0.3) is 0 Å². The quantitative estimate of drug-likeness (QED) is 0.676. The Labute approximate surface area is 67.9 Å². The summed E-state index contributed by atoms with van der Waals surface area (Å²) in [7, 11) is -0.472. The summed E-state index contributed by atoms with van der Waals surface area (Å²) in [5.74, 6) is 0. The molecule has 1 N–H and O–H groups in total. The Hall–Kier alpha value is -0.340. The van der Waals surface area contributed by atoms with Gasteiger partial charge in [0.2, 0.25) is 0 Å². The van der Waals surface area contributed by atoms with E-state index in [1.807, 2.05) is 30.5 Å². The predicted molar refractivity (Wildman–Crippen MR) is 45.7 cm³/mol. The zero-order valence-corrected chi connectivity index (χ0v) is 7.17. The highest BCUT2D eigenvalue weighted by Gasteiger charge is 1.97. The van der Waals surface area contributed by atoms with Crippen molar-refractivity contribution in [2.45, 2.75) is 4.90 Å². The van der Waals surface area contributed by atoms with Gasteiger partial charge < -0.3 is 0 Å². The number of hydrogen-bond donors (Lipinski definition) is 1. The molecule has 1 unspecified atom stereocenters. The Kier molecular flexibility index (Phi) is 2.46. The summed E-state index contributed by atoms with van der Waals surface area (Å²) in [6.07, 6.45) is 1.83. The second-order valence-corrected chi connectivity index (χ2v) is 3.81. The molecule has 1 atom stereocenters. The second-order valence-electron chi connectivity index (χ2n) is 1.94. The minimum atomic E-state index is -0.472. The van der Waals surface area contributed by atoms with Crippen LogP contribution in [-0.2, 0) is 10.7 Å². The van der Waals surface area contributed by atoms with Crippen molar-refractivity contribution in [2.24, 2.45) is 0 Å². The number of hydrogen-bond acceptors (Lipinski definition) is 1. The van der Waals surface area contributed by atoms with Crippen LogP contribution >= 0.6 is 11.6 Å². The van der Waals surface area contributed by atoms with E-state index in [4.69, 9.17) is 16.4 Å². The van der Waals surface area contributed by atoms with Crippen molar-refractivity contribution < 1.29 is 0 Å². The average Bonchev–Trinajstić information content (AvgIpc) is 1.88. The molecular weight excluding hydrogens is 166 g/mol. The van der Waals surface area contributed by atoms with E-state index < -0.39 is 10.7 Å². The molecule has 0 spiro atoms. The molecule has 0 saturated heterocycles. The van der Waals surface area contributed by atoms with E-state index in [1.165, 1.54) is 0 Å². The molecule has 1 aromatic rings. The maximum Gasteiger partial charge on any atom is 0.0551 e. The molecule has 0 amide bonds. The molecule has 0 bridgehead atoms. The molecule has 1 rings (SSSR count). The van der Waals surface area contributed by atoms with Gasteiger partial charge in [-0.05, 0) is 18.4 Å². The van der Waals surface area contributed by atoms with Crippen LogP contribution in [0.5, 0.6) is 0 Å². The third-order valence-corrected chi connectivity index (χ3v) is 2.62. The normalized spacial score (nSPS) is 13.0. The lowest BCUT2D eigenvalue weighted by Crippen LogP contribution is -1.84. The third kappa shape index (κ3) is 1.58. The Morgan fingerprint density at radius 1 is 1.40 bits per heavy atom. The molecule has 0 aliphatic rings. The van der Waals surface area contributed by atoms with Crippen LogP contribution in [0.1, 0.15) is 0 Å². The smallest absolute Gasteiger partial charge is 0.0551 e. The lowest BCUT2D eigenvalue weighted by Gasteiger charge is -1.99. The van der Waals surface area contributed by atoms with Crippen LogP contribution < -0.4 is 0 Å². The molecule has 54 valence electrons. The Morgan fingerprint density at radius 2 is 2.00 bits per heavy atom. The topological polar surface area (TPSA) is 23.9 Å². The average molecular weight is 174 g/mol. The Morgan fingerprint density at radius 3 is 2.40 bits per heavy atom. The first kappa shape index (κ1) is 7.76. The third-order valence-electron chi connectivity index (χ3n) is 1.17. The van der Waals surface area contributed by atoms with Gasteiger partial charge >= 0.3 is 0 Å². The van der Waals surface area contributed by atoms with Crippen LogP contribution in [0.3, 0.4) is 0 Å². The first-order valence-corrected chi connectivity index (χ1v) is 4.84. The molecule has 3 heteroatoms. The summed E-state index contributed by atoms with van der Waals surface area (Å²) in [5, 5.41) is 0.698. The van der Waals surface area contributed by atoms with Gasteiger partial charge in [-0.25, -0.2) is 0 Å². The monoisotopic (exact) mass is 173 g/mol. The SMILES string of the molecule is CS(=N)c1ccccc1Cl. The predicted octanol–water partition coefficient (Wildman–Crippen LogP) is 2.71. The number of nitrogens with one attached hydrogen (secondary N) is 1. The van der Waals surface area contributed by atoms with Gasteiger partial charge in [0.05, 0.1) is 5.02 Å². The van der Waals surface area contributed by atoms with Crippen molar-refractivity contribution in [1.29, 1.82) is 4.78 Å². The minimum absolute atomic E-state index is 0.472. The van der Waals surface area contributed by atoms with E-state index in [0.717, 1.165) is 4.90 Å². The van der Waals surface area contributed by atoms with Crippen molar-refractivity contribution >= 4 is 22.3 Å². The van der Waals surface area contributed by atoms with Gasteiger partial charge in [-0.3, -0.25) is 4.78 Å². The molecule has 0 aromatic heterocycles. The first-order chi connectivity index (χ1) is 4.72. The Bertz CT molecular complexity index is 260. The van der Waals surface area contributed by atoms with Crippen molar-refractivity contribution in [2.75, 3.05) is 6.26 Å². The van der Waals surface area contributed by atoms with Crippen LogP contribution in [0.4, 0.5) is 0 Å². The number of halogens is 1. The summed E-state index contributed by atoms with van der Waals surface area (Å²) < 4.78 is 7.40. The van der Waals surface area contributed by atoms with Gasteiger partial charge in [-0.15, -0.1) is 0 Å². The molecule has 0 aliphatic carbocycles. The van der Waals surface area contributed by atoms with Gasteiger partial charge in [-0.1, -0.05) is 34.4 Å². The highest BCUT2D eigenvalue weighted by molar-refractivity contribution is 7.85. The zero-order chi connectivity index (χ0) is 7.56. The van der Waals surface area contributed by atoms with Crippen LogP contribution in [0.25, 0.3) is 0 Å². The van der Waals surface area contributed by atoms with E-state index in [0.29, 0.717) is 5.02 Å². The highest BCUT2D eigenvalue weighted by atomic mass is 35.5. The first-order valence-electron chi connectivity index (χ1n) is 2.83. The van der Waals surface area contributed by atoms with E-state index in [9.17, 15) is 0 Å². The van der Waals surface area contributed by atoms with Crippen molar-refractivity contribution in [3.05, 3.63) is 29.3 Å². The molecule has 0 fully saturated rings. The maximum absolute atomic E-state index is 7.40. The molecule has 0 saturated carbocycles. The summed E-state index contributed by atoms with van der Waals surface area (Å²) in [6, 6.07) is 7.48. The summed E-state index contributed by atoms with van der Waals surface area (Å²) in [4.78, 5) is 0.921. The molecule has 10 heavy (non-hydrogen) atoms. The van der Waals surface area contributed by atoms with E-state index in [1.54, 1.807) is 0 Å². The van der Waals surface area contributed by atoms with Crippen LogP contribution in [0.15, 0.2) is 29.2 Å². The van der Waals surface area contributed by atoms with Crippen LogP contribution in [-0.4, -0.2) is 6.26 Å². The van der Waals surface area contributed by atoms with Crippen LogP contribution in [0.2, 0.25) is 5.02 Å². The lowest BCUT2D eigenvalue weighted by atomic mass is 10.4. The fourth-order valence-electron chi connectivity index (χ4n) is 0.693. The Balaban J connectivity index is 3.15. The summed E-state index contributed by atoms with van der Waals surface area (Å²) >= 11 is 5.81. The number of benzene rings is 1. The standard InChI is InChI=1S/C7H8ClNS/c1-10(9)7-5-3-2-4-6(7)8/h2-5,9H,1H3. The molecule has 1 aromatic carbocycles. The largest absolute Gasteiger partial charge is 0.276 e. The summed E-state index contributed by atoms with van der Waals surface area (Å²) in [6.45, 7) is 0.